The van der Waals surface area contributed by atoms with Crippen LogP contribution in [0.2, 0.25) is 0 Å². The van der Waals surface area contributed by atoms with Gasteiger partial charge in [0.2, 0.25) is 12.3 Å². The number of likely N-dealkylation sites (tertiary alicyclic amines) is 1. The van der Waals surface area contributed by atoms with Crippen molar-refractivity contribution in [2.24, 2.45) is 0 Å². The van der Waals surface area contributed by atoms with Crippen LogP contribution in [-0.4, -0.2) is 84.9 Å². The molecule has 0 aromatic carbocycles. The molecule has 0 aromatic rings. The van der Waals surface area contributed by atoms with E-state index < -0.39 is 0 Å². The number of amides is 2. The van der Waals surface area contributed by atoms with Crippen LogP contribution < -0.4 is 5.32 Å². The van der Waals surface area contributed by atoms with Crippen molar-refractivity contribution in [1.29, 1.82) is 0 Å². The van der Waals surface area contributed by atoms with Gasteiger partial charge in [0.05, 0.1) is 6.54 Å². The lowest BCUT2D eigenvalue weighted by Gasteiger charge is -2.30. The molecule has 0 aliphatic carbocycles. The highest BCUT2D eigenvalue weighted by atomic mass is 16.2. The van der Waals surface area contributed by atoms with E-state index in [-0.39, 0.29) is 12.5 Å². The van der Waals surface area contributed by atoms with Crippen molar-refractivity contribution in [2.45, 2.75) is 59.0 Å². The predicted molar refractivity (Wildman–Crippen MR) is 97.9 cm³/mol. The average molecular weight is 341 g/mol. The third kappa shape index (κ3) is 8.11. The summed E-state index contributed by atoms with van der Waals surface area (Å²) in [6.07, 6.45) is 4.28. The van der Waals surface area contributed by atoms with Crippen LogP contribution in [0.15, 0.2) is 0 Å². The zero-order chi connectivity index (χ0) is 17.9. The molecule has 0 spiro atoms. The molecule has 0 saturated carbocycles. The van der Waals surface area contributed by atoms with Gasteiger partial charge in [-0.15, -0.1) is 0 Å². The molecule has 2 amide bonds. The van der Waals surface area contributed by atoms with Crippen molar-refractivity contribution in [3.8, 4) is 0 Å². The first kappa shape index (κ1) is 20.9. The number of hydrogen-bond donors (Lipinski definition) is 1. The highest BCUT2D eigenvalue weighted by molar-refractivity contribution is 5.79. The number of nitrogens with zero attached hydrogens (tertiary/aromatic N) is 3. The minimum absolute atomic E-state index is 0.0734. The van der Waals surface area contributed by atoms with Crippen molar-refractivity contribution in [2.75, 3.05) is 45.8 Å². The summed E-state index contributed by atoms with van der Waals surface area (Å²) in [6, 6.07) is 0.915. The van der Waals surface area contributed by atoms with Crippen LogP contribution in [-0.2, 0) is 9.59 Å². The zero-order valence-corrected chi connectivity index (χ0v) is 16.0. The van der Waals surface area contributed by atoms with E-state index in [0.29, 0.717) is 25.2 Å². The number of carbonyl (C=O) groups is 2. The molecule has 0 unspecified atom stereocenters. The van der Waals surface area contributed by atoms with E-state index in [1.165, 1.54) is 25.9 Å². The maximum Gasteiger partial charge on any atom is 0.239 e. The van der Waals surface area contributed by atoms with Crippen molar-refractivity contribution < 1.29 is 9.59 Å². The summed E-state index contributed by atoms with van der Waals surface area (Å²) in [4.78, 5) is 29.5. The quantitative estimate of drug-likeness (QED) is 0.542. The molecule has 1 saturated heterocycles. The van der Waals surface area contributed by atoms with Crippen LogP contribution >= 0.6 is 0 Å². The molecular weight excluding hydrogens is 304 g/mol. The van der Waals surface area contributed by atoms with Gasteiger partial charge in [-0.2, -0.15) is 0 Å². The summed E-state index contributed by atoms with van der Waals surface area (Å²) >= 11 is 0. The Hall–Kier alpha value is -1.14. The highest BCUT2D eigenvalue weighted by Crippen LogP contribution is 2.07. The second-order valence-corrected chi connectivity index (χ2v) is 7.25. The molecule has 0 bridgehead atoms. The van der Waals surface area contributed by atoms with E-state index in [1.54, 1.807) is 4.90 Å². The summed E-state index contributed by atoms with van der Waals surface area (Å²) in [5, 5.41) is 2.93. The standard InChI is InChI=1S/C18H36N4O2/c1-16(2)22(17(3)4)13-8-19-18(24)14-21(15-23)12-7-11-20-9-5-6-10-20/h15-17H,5-14H2,1-4H3,(H,19,24). The first-order chi connectivity index (χ1) is 11.4. The summed E-state index contributed by atoms with van der Waals surface area (Å²) in [5.41, 5.74) is 0. The fourth-order valence-corrected chi connectivity index (χ4v) is 3.35. The molecule has 0 aromatic heterocycles. The summed E-state index contributed by atoms with van der Waals surface area (Å²) < 4.78 is 0. The topological polar surface area (TPSA) is 55.9 Å². The Morgan fingerprint density at radius 1 is 1.12 bits per heavy atom. The lowest BCUT2D eigenvalue weighted by atomic mass is 10.2. The molecular formula is C18H36N4O2. The van der Waals surface area contributed by atoms with Crippen LogP contribution in [0.25, 0.3) is 0 Å². The monoisotopic (exact) mass is 340 g/mol. The Labute approximate surface area is 147 Å². The summed E-state index contributed by atoms with van der Waals surface area (Å²) in [7, 11) is 0. The minimum atomic E-state index is -0.0734. The van der Waals surface area contributed by atoms with E-state index in [0.717, 1.165) is 25.9 Å². The Morgan fingerprint density at radius 3 is 2.29 bits per heavy atom. The third-order valence-electron chi connectivity index (χ3n) is 4.63. The Bertz CT molecular complexity index is 360. The predicted octanol–water partition coefficient (Wildman–Crippen LogP) is 1.17. The lowest BCUT2D eigenvalue weighted by molar-refractivity contribution is -0.128. The van der Waals surface area contributed by atoms with Gasteiger partial charge in [-0.1, -0.05) is 0 Å². The zero-order valence-electron chi connectivity index (χ0n) is 16.0. The van der Waals surface area contributed by atoms with E-state index in [9.17, 15) is 9.59 Å². The highest BCUT2D eigenvalue weighted by Gasteiger charge is 2.15. The first-order valence-corrected chi connectivity index (χ1v) is 9.38. The largest absolute Gasteiger partial charge is 0.353 e. The van der Waals surface area contributed by atoms with Gasteiger partial charge in [0.25, 0.3) is 0 Å². The second-order valence-electron chi connectivity index (χ2n) is 7.25. The van der Waals surface area contributed by atoms with Gasteiger partial charge >= 0.3 is 0 Å². The van der Waals surface area contributed by atoms with E-state index in [4.69, 9.17) is 0 Å². The average Bonchev–Trinajstić information content (AvgIpc) is 3.03. The van der Waals surface area contributed by atoms with Gasteiger partial charge in [-0.05, 0) is 66.6 Å². The molecule has 0 atom stereocenters. The minimum Gasteiger partial charge on any atom is -0.353 e. The smallest absolute Gasteiger partial charge is 0.239 e. The van der Waals surface area contributed by atoms with Gasteiger partial charge in [-0.25, -0.2) is 0 Å². The molecule has 6 heteroatoms. The van der Waals surface area contributed by atoms with Gasteiger partial charge in [0.1, 0.15) is 0 Å². The normalized spacial score (nSPS) is 15.5. The third-order valence-corrected chi connectivity index (χ3v) is 4.63. The molecule has 140 valence electrons. The number of rotatable bonds is 12. The number of hydrogen-bond acceptors (Lipinski definition) is 4. The SMILES string of the molecule is CC(C)N(CCNC(=O)CN(C=O)CCCN1CCCC1)C(C)C. The molecule has 6 nitrogen and oxygen atoms in total. The molecule has 0 radical (unpaired) electrons. The maximum atomic E-state index is 12.0. The maximum absolute atomic E-state index is 12.0. The Kier molecular flexibility index (Phi) is 9.95. The molecule has 1 N–H and O–H groups in total. The Balaban J connectivity index is 2.19. The second kappa shape index (κ2) is 11.4. The lowest BCUT2D eigenvalue weighted by Crippen LogP contribution is -2.44. The molecule has 1 rings (SSSR count). The number of nitrogens with one attached hydrogen (secondary N) is 1. The van der Waals surface area contributed by atoms with Crippen molar-refractivity contribution >= 4 is 12.3 Å². The first-order valence-electron chi connectivity index (χ1n) is 9.38. The van der Waals surface area contributed by atoms with Crippen molar-refractivity contribution in [3.05, 3.63) is 0 Å². The van der Waals surface area contributed by atoms with Crippen LogP contribution in [0.1, 0.15) is 47.0 Å². The van der Waals surface area contributed by atoms with E-state index >= 15 is 0 Å². The van der Waals surface area contributed by atoms with E-state index in [1.807, 2.05) is 0 Å². The molecule has 1 aliphatic rings. The Morgan fingerprint density at radius 2 is 1.75 bits per heavy atom. The molecule has 24 heavy (non-hydrogen) atoms. The van der Waals surface area contributed by atoms with Gasteiger partial charge in [-0.3, -0.25) is 14.5 Å². The van der Waals surface area contributed by atoms with Crippen molar-refractivity contribution in [1.82, 2.24) is 20.0 Å². The van der Waals surface area contributed by atoms with Crippen LogP contribution in [0.4, 0.5) is 0 Å². The van der Waals surface area contributed by atoms with Gasteiger partial charge < -0.3 is 15.1 Å². The molecule has 1 heterocycles. The van der Waals surface area contributed by atoms with E-state index in [2.05, 4.69) is 42.8 Å². The van der Waals surface area contributed by atoms with Gasteiger partial charge in [0, 0.05) is 31.7 Å². The fourth-order valence-electron chi connectivity index (χ4n) is 3.35. The molecule has 1 aliphatic heterocycles. The fraction of sp³-hybridized carbons (Fsp3) is 0.889. The van der Waals surface area contributed by atoms with Crippen LogP contribution in [0, 0.1) is 0 Å². The molecule has 1 fully saturated rings. The summed E-state index contributed by atoms with van der Waals surface area (Å²) in [5.74, 6) is -0.0734. The number of carbonyl (C=O) groups excluding carboxylic acids is 2. The van der Waals surface area contributed by atoms with Crippen LogP contribution in [0.3, 0.4) is 0 Å². The summed E-state index contributed by atoms with van der Waals surface area (Å²) in [6.45, 7) is 14.3. The van der Waals surface area contributed by atoms with Crippen LogP contribution in [0.5, 0.6) is 0 Å². The van der Waals surface area contributed by atoms with Gasteiger partial charge in [0.15, 0.2) is 0 Å². The van der Waals surface area contributed by atoms with Crippen molar-refractivity contribution in [3.63, 3.8) is 0 Å².